The molecular weight excluding hydrogens is 468 g/mol. The molecular formula is C27H32N8O2. The molecule has 192 valence electrons. The fraction of sp³-hybridized carbons (Fsp3) is 0.407. The minimum atomic E-state index is -1.40. The number of para-hydroxylation sites is 1. The van der Waals surface area contributed by atoms with E-state index in [2.05, 4.69) is 45.1 Å². The van der Waals surface area contributed by atoms with Crippen molar-refractivity contribution in [3.8, 4) is 11.4 Å². The Morgan fingerprint density at radius 3 is 2.70 bits per heavy atom. The molecule has 3 N–H and O–H groups in total. The Labute approximate surface area is 215 Å². The first-order valence-corrected chi connectivity index (χ1v) is 12.9. The predicted octanol–water partition coefficient (Wildman–Crippen LogP) is 4.39. The number of amides is 3. The van der Waals surface area contributed by atoms with Gasteiger partial charge in [0.05, 0.1) is 5.69 Å². The minimum absolute atomic E-state index is 0.106. The molecule has 1 unspecified atom stereocenters. The monoisotopic (exact) mass is 500 g/mol. The van der Waals surface area contributed by atoms with Crippen molar-refractivity contribution in [2.45, 2.75) is 51.6 Å². The summed E-state index contributed by atoms with van der Waals surface area (Å²) in [6.07, 6.45) is 6.52. The van der Waals surface area contributed by atoms with Crippen molar-refractivity contribution in [2.75, 3.05) is 16.8 Å². The van der Waals surface area contributed by atoms with Gasteiger partial charge >= 0.3 is 6.03 Å². The molecule has 3 aromatic rings. The molecule has 1 aliphatic heterocycles. The third-order valence-electron chi connectivity index (χ3n) is 6.98. The molecule has 2 heterocycles. The zero-order valence-corrected chi connectivity index (χ0v) is 21.1. The lowest BCUT2D eigenvalue weighted by atomic mass is 9.79. The summed E-state index contributed by atoms with van der Waals surface area (Å²) in [6, 6.07) is 14.4. The number of anilines is 2. The van der Waals surface area contributed by atoms with E-state index in [1.165, 1.54) is 0 Å². The summed E-state index contributed by atoms with van der Waals surface area (Å²) in [5, 5.41) is 20.0. The average molecular weight is 501 g/mol. The molecule has 1 saturated carbocycles. The Hall–Kier alpha value is -4.08. The van der Waals surface area contributed by atoms with E-state index in [0.717, 1.165) is 43.4 Å². The molecule has 1 fully saturated rings. The van der Waals surface area contributed by atoms with Crippen LogP contribution < -0.4 is 15.5 Å². The first-order valence-electron chi connectivity index (χ1n) is 12.9. The summed E-state index contributed by atoms with van der Waals surface area (Å²) >= 11 is 0. The number of nitrogens with zero attached hydrogens (tertiary/aromatic N) is 5. The van der Waals surface area contributed by atoms with Crippen LogP contribution in [-0.4, -0.2) is 51.0 Å². The number of fused-ring (bicyclic) bond motifs is 1. The molecule has 0 spiro atoms. The number of carbonyl (C=O) groups is 2. The molecule has 10 heteroatoms. The Morgan fingerprint density at radius 2 is 1.95 bits per heavy atom. The number of hydrogen-bond donors (Lipinski definition) is 3. The predicted molar refractivity (Wildman–Crippen MR) is 142 cm³/mol. The Bertz CT molecular complexity index is 1280. The molecule has 0 bridgehead atoms. The number of benzene rings is 2. The molecule has 1 aliphatic carbocycles. The van der Waals surface area contributed by atoms with Gasteiger partial charge in [-0.25, -0.2) is 4.79 Å². The van der Waals surface area contributed by atoms with Crippen molar-refractivity contribution in [3.63, 3.8) is 0 Å². The summed E-state index contributed by atoms with van der Waals surface area (Å²) in [7, 11) is 0. The van der Waals surface area contributed by atoms with Gasteiger partial charge < -0.3 is 15.5 Å². The van der Waals surface area contributed by atoms with Crippen LogP contribution in [0, 0.1) is 11.8 Å². The highest BCUT2D eigenvalue weighted by Crippen LogP contribution is 2.38. The lowest BCUT2D eigenvalue weighted by Crippen LogP contribution is -2.63. The maximum atomic E-state index is 14.4. The van der Waals surface area contributed by atoms with Crippen molar-refractivity contribution in [1.82, 2.24) is 25.9 Å². The van der Waals surface area contributed by atoms with Crippen LogP contribution in [0.5, 0.6) is 0 Å². The Morgan fingerprint density at radius 1 is 1.14 bits per heavy atom. The molecule has 1 aromatic heterocycles. The third-order valence-corrected chi connectivity index (χ3v) is 6.98. The number of tetrazole rings is 1. The largest absolute Gasteiger partial charge is 0.321 e. The van der Waals surface area contributed by atoms with Crippen LogP contribution in [0.3, 0.4) is 0 Å². The Kier molecular flexibility index (Phi) is 6.98. The van der Waals surface area contributed by atoms with Gasteiger partial charge in [-0.05, 0) is 42.2 Å². The van der Waals surface area contributed by atoms with E-state index in [1.807, 2.05) is 30.3 Å². The number of aliphatic imine (C=N–C) groups is 1. The molecule has 10 nitrogen and oxygen atoms in total. The number of benzodiazepines with no additional fused rings is 1. The number of rotatable bonds is 6. The summed E-state index contributed by atoms with van der Waals surface area (Å²) in [5.41, 5.74) is 1.53. The van der Waals surface area contributed by atoms with Gasteiger partial charge in [0.15, 0.2) is 0 Å². The lowest BCUT2D eigenvalue weighted by molar-refractivity contribution is -0.127. The number of nitrogens with one attached hydrogen (secondary N) is 3. The van der Waals surface area contributed by atoms with E-state index >= 15 is 0 Å². The van der Waals surface area contributed by atoms with Gasteiger partial charge in [-0.3, -0.25) is 9.79 Å². The quantitative estimate of drug-likeness (QED) is 0.463. The van der Waals surface area contributed by atoms with Crippen LogP contribution in [0.2, 0.25) is 0 Å². The van der Waals surface area contributed by atoms with Gasteiger partial charge in [-0.15, -0.1) is 10.2 Å². The SMILES string of the molecule is CC(C)CN1C(=O)C(NC(=O)Nc2cccc(-c3nn[nH]n3)c2)(C2CCCCC2)N=Cc2ccccc21. The minimum Gasteiger partial charge on any atom is -0.308 e. The number of urea groups is 1. The highest BCUT2D eigenvalue weighted by molar-refractivity contribution is 6.09. The van der Waals surface area contributed by atoms with Gasteiger partial charge in [0.2, 0.25) is 11.5 Å². The van der Waals surface area contributed by atoms with Crippen LogP contribution in [0.4, 0.5) is 16.2 Å². The van der Waals surface area contributed by atoms with Crippen LogP contribution in [-0.2, 0) is 4.79 Å². The number of aromatic nitrogens is 4. The molecule has 2 aromatic carbocycles. The maximum Gasteiger partial charge on any atom is 0.321 e. The number of hydrogen-bond acceptors (Lipinski definition) is 6. The fourth-order valence-corrected chi connectivity index (χ4v) is 5.27. The third kappa shape index (κ3) is 5.09. The zero-order chi connectivity index (χ0) is 25.8. The smallest absolute Gasteiger partial charge is 0.308 e. The van der Waals surface area contributed by atoms with Crippen LogP contribution in [0.1, 0.15) is 51.5 Å². The molecule has 37 heavy (non-hydrogen) atoms. The summed E-state index contributed by atoms with van der Waals surface area (Å²) in [4.78, 5) is 34.6. The van der Waals surface area contributed by atoms with Gasteiger partial charge in [0, 0.05) is 35.5 Å². The van der Waals surface area contributed by atoms with E-state index in [-0.39, 0.29) is 17.7 Å². The first-order chi connectivity index (χ1) is 18.0. The van der Waals surface area contributed by atoms with Crippen molar-refractivity contribution >= 4 is 29.5 Å². The van der Waals surface area contributed by atoms with Gasteiger partial charge in [-0.2, -0.15) is 5.21 Å². The summed E-state index contributed by atoms with van der Waals surface area (Å²) in [6.45, 7) is 4.70. The maximum absolute atomic E-state index is 14.4. The molecule has 1 atom stereocenters. The highest BCUT2D eigenvalue weighted by atomic mass is 16.2. The fourth-order valence-electron chi connectivity index (χ4n) is 5.27. The molecule has 2 aliphatic rings. The molecule has 0 saturated heterocycles. The van der Waals surface area contributed by atoms with Gasteiger partial charge in [0.1, 0.15) is 0 Å². The first kappa shape index (κ1) is 24.6. The second kappa shape index (κ2) is 10.5. The van der Waals surface area contributed by atoms with Gasteiger partial charge in [-0.1, -0.05) is 63.4 Å². The standard InChI is InChI=1S/C27H32N8O2/c1-18(2)17-35-23-14-7-6-9-20(23)16-28-27(25(35)36,21-11-4-3-5-12-21)30-26(37)29-22-13-8-10-19(15-22)24-31-33-34-32-24/h6-10,13-16,18,21H,3-5,11-12,17H2,1-2H3,(H2,29,30,37)(H,31,32,33,34). The second-order valence-electron chi connectivity index (χ2n) is 10.1. The number of aromatic amines is 1. The normalized spacial score (nSPS) is 20.0. The number of H-pyrrole nitrogens is 1. The Balaban J connectivity index is 1.48. The van der Waals surface area contributed by atoms with Crippen LogP contribution in [0.25, 0.3) is 11.4 Å². The second-order valence-corrected chi connectivity index (χ2v) is 10.1. The molecule has 3 amide bonds. The van der Waals surface area contributed by atoms with E-state index in [4.69, 9.17) is 4.99 Å². The van der Waals surface area contributed by atoms with Crippen molar-refractivity contribution in [2.24, 2.45) is 16.8 Å². The average Bonchev–Trinajstić information content (AvgIpc) is 3.42. The van der Waals surface area contributed by atoms with E-state index in [0.29, 0.717) is 23.6 Å². The topological polar surface area (TPSA) is 128 Å². The van der Waals surface area contributed by atoms with Crippen LogP contribution >= 0.6 is 0 Å². The molecule has 5 rings (SSSR count). The van der Waals surface area contributed by atoms with E-state index < -0.39 is 11.7 Å². The van der Waals surface area contributed by atoms with Crippen molar-refractivity contribution < 1.29 is 9.59 Å². The van der Waals surface area contributed by atoms with Crippen LogP contribution in [0.15, 0.2) is 53.5 Å². The van der Waals surface area contributed by atoms with Crippen molar-refractivity contribution in [3.05, 3.63) is 54.1 Å². The summed E-state index contributed by atoms with van der Waals surface area (Å²) < 4.78 is 0. The highest BCUT2D eigenvalue weighted by Gasteiger charge is 2.50. The van der Waals surface area contributed by atoms with Gasteiger partial charge in [0.25, 0.3) is 5.91 Å². The number of carbonyl (C=O) groups excluding carboxylic acids is 2. The zero-order valence-electron chi connectivity index (χ0n) is 21.1. The van der Waals surface area contributed by atoms with Crippen molar-refractivity contribution in [1.29, 1.82) is 0 Å². The van der Waals surface area contributed by atoms with E-state index in [1.54, 1.807) is 29.3 Å². The lowest BCUT2D eigenvalue weighted by Gasteiger charge is -2.41. The van der Waals surface area contributed by atoms with E-state index in [9.17, 15) is 9.59 Å². The molecule has 0 radical (unpaired) electrons. The summed E-state index contributed by atoms with van der Waals surface area (Å²) in [5.74, 6) is 0.365.